The number of nitrogens with one attached hydrogen (secondary N) is 1. The first-order valence-electron chi connectivity index (χ1n) is 10.2. The second-order valence-corrected chi connectivity index (χ2v) is 7.75. The average molecular weight is 402 g/mol. The van der Waals surface area contributed by atoms with Crippen LogP contribution in [-0.4, -0.2) is 66.6 Å². The third kappa shape index (κ3) is 4.93. The number of aromatic nitrogens is 2. The lowest BCUT2D eigenvalue weighted by atomic mass is 10.2. The number of likely N-dealkylation sites (N-methyl/N-ethyl adjacent to an activating group) is 1. The molecular formula is C21H31N5O3. The first-order valence-corrected chi connectivity index (χ1v) is 10.2. The number of aliphatic imine (C=N–C) groups is 1. The molecule has 158 valence electrons. The Balaban J connectivity index is 1.82. The van der Waals surface area contributed by atoms with Gasteiger partial charge in [-0.15, -0.1) is 0 Å². The number of hydrogen-bond acceptors (Lipinski definition) is 7. The van der Waals surface area contributed by atoms with Crippen LogP contribution in [0.2, 0.25) is 0 Å². The van der Waals surface area contributed by atoms with Crippen molar-refractivity contribution in [1.29, 1.82) is 0 Å². The predicted molar refractivity (Wildman–Crippen MR) is 112 cm³/mol. The quantitative estimate of drug-likeness (QED) is 0.529. The third-order valence-corrected chi connectivity index (χ3v) is 5.61. The Bertz CT molecular complexity index is 821. The van der Waals surface area contributed by atoms with E-state index in [1.807, 2.05) is 24.9 Å². The molecule has 2 atom stereocenters. The monoisotopic (exact) mass is 401 g/mol. The summed E-state index contributed by atoms with van der Waals surface area (Å²) < 4.78 is 5.24. The lowest BCUT2D eigenvalue weighted by molar-refractivity contribution is -0.121. The molecule has 3 rings (SSSR count). The summed E-state index contributed by atoms with van der Waals surface area (Å²) in [6, 6.07) is -0.149. The fraction of sp³-hybridized carbons (Fsp3) is 0.619. The summed E-state index contributed by atoms with van der Waals surface area (Å²) in [5.41, 5.74) is 2.77. The maximum Gasteiger partial charge on any atom is 0.239 e. The largest absolute Gasteiger partial charge is 0.501 e. The van der Waals surface area contributed by atoms with Crippen molar-refractivity contribution in [3.8, 4) is 0 Å². The minimum atomic E-state index is -0.446. The van der Waals surface area contributed by atoms with E-state index in [1.54, 1.807) is 14.2 Å². The Morgan fingerprint density at radius 3 is 2.79 bits per heavy atom. The van der Waals surface area contributed by atoms with Gasteiger partial charge >= 0.3 is 0 Å². The van der Waals surface area contributed by atoms with Crippen LogP contribution >= 0.6 is 0 Å². The first-order chi connectivity index (χ1) is 13.9. The number of ether oxygens (including phenoxy) is 1. The van der Waals surface area contributed by atoms with E-state index in [-0.39, 0.29) is 18.5 Å². The van der Waals surface area contributed by atoms with Crippen LogP contribution in [-0.2, 0) is 22.4 Å². The molecule has 8 nitrogen and oxygen atoms in total. The van der Waals surface area contributed by atoms with Crippen LogP contribution in [0.4, 0.5) is 5.82 Å². The minimum Gasteiger partial charge on any atom is -0.501 e. The number of aryl methyl sites for hydroxylation is 1. The number of allylic oxidation sites excluding steroid dienone is 2. The topological polar surface area (TPSA) is 99.9 Å². The molecule has 1 aromatic rings. The van der Waals surface area contributed by atoms with E-state index in [0.717, 1.165) is 61.4 Å². The molecule has 0 saturated heterocycles. The number of aliphatic hydroxyl groups excluding tert-OH is 1. The zero-order chi connectivity index (χ0) is 21.0. The van der Waals surface area contributed by atoms with Crippen molar-refractivity contribution in [3.05, 3.63) is 28.9 Å². The van der Waals surface area contributed by atoms with Crippen molar-refractivity contribution in [2.45, 2.75) is 57.6 Å². The number of amides is 1. The maximum absolute atomic E-state index is 12.5. The molecule has 1 amide bonds. The van der Waals surface area contributed by atoms with Crippen molar-refractivity contribution in [3.63, 3.8) is 0 Å². The molecule has 8 heteroatoms. The summed E-state index contributed by atoms with van der Waals surface area (Å²) in [6.07, 6.45) is 6.72. The minimum absolute atomic E-state index is 0.107. The highest BCUT2D eigenvalue weighted by Gasteiger charge is 2.28. The fourth-order valence-corrected chi connectivity index (χ4v) is 3.98. The fourth-order valence-electron chi connectivity index (χ4n) is 3.98. The van der Waals surface area contributed by atoms with Crippen LogP contribution in [0.1, 0.15) is 49.7 Å². The van der Waals surface area contributed by atoms with Crippen molar-refractivity contribution in [1.82, 2.24) is 15.3 Å². The van der Waals surface area contributed by atoms with Gasteiger partial charge in [0.1, 0.15) is 11.5 Å². The van der Waals surface area contributed by atoms with Gasteiger partial charge in [-0.2, -0.15) is 0 Å². The SMILES string of the molecule is CN=C(/C=C(\C)OC)c1nc2c(c(N(C)CC(=O)N[C@H]3CCC[C@H]3O)n1)CCC2. The molecule has 1 fully saturated rings. The molecule has 2 aliphatic rings. The van der Waals surface area contributed by atoms with Gasteiger partial charge < -0.3 is 20.1 Å². The number of carbonyl (C=O) groups is 1. The molecule has 0 radical (unpaired) electrons. The zero-order valence-corrected chi connectivity index (χ0v) is 17.7. The molecule has 0 unspecified atom stereocenters. The molecule has 0 bridgehead atoms. The number of aliphatic hydroxyl groups is 1. The van der Waals surface area contributed by atoms with Gasteiger partial charge in [0.2, 0.25) is 5.91 Å². The standard InChI is InChI=1S/C21H31N5O3/c1-13(29-4)11-17(22-2)20-24-15-8-5-7-14(15)21(25-20)26(3)12-19(28)23-16-9-6-10-18(16)27/h11,16,18,27H,5-10,12H2,1-4H3,(H,23,28)/b13-11+,22-17?/t16-,18+/m0/s1. The van der Waals surface area contributed by atoms with Crippen molar-refractivity contribution < 1.29 is 14.6 Å². The van der Waals surface area contributed by atoms with E-state index in [1.165, 1.54) is 0 Å². The van der Waals surface area contributed by atoms with Crippen LogP contribution in [0.5, 0.6) is 0 Å². The van der Waals surface area contributed by atoms with Crippen LogP contribution < -0.4 is 10.2 Å². The Labute approximate surface area is 172 Å². The summed E-state index contributed by atoms with van der Waals surface area (Å²) in [4.78, 5) is 28.2. The lowest BCUT2D eigenvalue weighted by Crippen LogP contribution is -2.44. The van der Waals surface area contributed by atoms with Gasteiger partial charge in [0.15, 0.2) is 5.82 Å². The van der Waals surface area contributed by atoms with Gasteiger partial charge in [-0.25, -0.2) is 9.97 Å². The van der Waals surface area contributed by atoms with Crippen molar-refractivity contribution in [2.75, 3.05) is 32.6 Å². The first kappa shape index (κ1) is 21.2. The van der Waals surface area contributed by atoms with Crippen LogP contribution in [0.15, 0.2) is 16.8 Å². The highest BCUT2D eigenvalue weighted by molar-refractivity contribution is 6.06. The Hall–Kier alpha value is -2.48. The second kappa shape index (κ2) is 9.35. The van der Waals surface area contributed by atoms with Gasteiger partial charge in [-0.1, -0.05) is 0 Å². The summed E-state index contributed by atoms with van der Waals surface area (Å²) in [6.45, 7) is 2.03. The van der Waals surface area contributed by atoms with Gasteiger partial charge in [-0.05, 0) is 45.4 Å². The van der Waals surface area contributed by atoms with E-state index >= 15 is 0 Å². The molecule has 1 heterocycles. The van der Waals surface area contributed by atoms with E-state index < -0.39 is 6.10 Å². The van der Waals surface area contributed by atoms with Crippen LogP contribution in [0.3, 0.4) is 0 Å². The maximum atomic E-state index is 12.5. The molecular weight excluding hydrogens is 370 g/mol. The molecule has 0 aromatic carbocycles. The predicted octanol–water partition coefficient (Wildman–Crippen LogP) is 1.40. The molecule has 0 aliphatic heterocycles. The number of anilines is 1. The number of hydrogen-bond donors (Lipinski definition) is 2. The average Bonchev–Trinajstić information content (AvgIpc) is 3.33. The normalized spacial score (nSPS) is 21.8. The summed E-state index contributed by atoms with van der Waals surface area (Å²) in [5.74, 6) is 1.93. The van der Waals surface area contributed by atoms with E-state index in [2.05, 4.69) is 10.3 Å². The summed E-state index contributed by atoms with van der Waals surface area (Å²) in [5, 5.41) is 12.9. The van der Waals surface area contributed by atoms with Gasteiger partial charge in [0.05, 0.1) is 31.6 Å². The molecule has 29 heavy (non-hydrogen) atoms. The smallest absolute Gasteiger partial charge is 0.239 e. The van der Waals surface area contributed by atoms with Gasteiger partial charge in [0, 0.05) is 31.4 Å². The van der Waals surface area contributed by atoms with Crippen molar-refractivity contribution >= 4 is 17.4 Å². The lowest BCUT2D eigenvalue weighted by Gasteiger charge is -2.23. The van der Waals surface area contributed by atoms with Crippen LogP contribution in [0, 0.1) is 0 Å². The second-order valence-electron chi connectivity index (χ2n) is 7.75. The number of nitrogens with zero attached hydrogens (tertiary/aromatic N) is 4. The molecule has 2 aliphatic carbocycles. The Morgan fingerprint density at radius 1 is 1.34 bits per heavy atom. The molecule has 1 saturated carbocycles. The Kier molecular flexibility index (Phi) is 6.84. The van der Waals surface area contributed by atoms with Gasteiger partial charge in [0.25, 0.3) is 0 Å². The highest BCUT2D eigenvalue weighted by Crippen LogP contribution is 2.28. The highest BCUT2D eigenvalue weighted by atomic mass is 16.5. The molecule has 2 N–H and O–H groups in total. The van der Waals surface area contributed by atoms with E-state index in [4.69, 9.17) is 14.7 Å². The third-order valence-electron chi connectivity index (χ3n) is 5.61. The van der Waals surface area contributed by atoms with E-state index in [0.29, 0.717) is 11.5 Å². The van der Waals surface area contributed by atoms with Crippen molar-refractivity contribution in [2.24, 2.45) is 4.99 Å². The number of carbonyl (C=O) groups excluding carboxylic acids is 1. The number of methoxy groups -OCH3 is 1. The van der Waals surface area contributed by atoms with E-state index in [9.17, 15) is 9.90 Å². The van der Waals surface area contributed by atoms with Gasteiger partial charge in [-0.3, -0.25) is 9.79 Å². The summed E-state index contributed by atoms with van der Waals surface area (Å²) >= 11 is 0. The number of fused-ring (bicyclic) bond motifs is 1. The number of rotatable bonds is 7. The van der Waals surface area contributed by atoms with Crippen LogP contribution in [0.25, 0.3) is 0 Å². The molecule has 1 aromatic heterocycles. The Morgan fingerprint density at radius 2 is 2.14 bits per heavy atom. The summed E-state index contributed by atoms with van der Waals surface area (Å²) in [7, 11) is 5.19. The molecule has 0 spiro atoms. The zero-order valence-electron chi connectivity index (χ0n) is 17.7.